The SMILES string of the molecule is COC1=C(c2ccc(CCC(=O)O)cc2)C(=O)N(c2ccc(C(=N)N)cc2)C1(C)C.Cl. The maximum Gasteiger partial charge on any atom is 0.303 e. The molecular weight excluding hydrogens is 418 g/mol. The van der Waals surface area contributed by atoms with Crippen LogP contribution in [-0.4, -0.2) is 35.5 Å². The minimum Gasteiger partial charge on any atom is -0.498 e. The summed E-state index contributed by atoms with van der Waals surface area (Å²) in [4.78, 5) is 25.9. The Hall–Kier alpha value is -3.32. The Morgan fingerprint density at radius 3 is 2.19 bits per heavy atom. The highest BCUT2D eigenvalue weighted by Gasteiger charge is 2.47. The second-order valence-electron chi connectivity index (χ2n) is 7.66. The van der Waals surface area contributed by atoms with Gasteiger partial charge in [0.05, 0.1) is 12.7 Å². The van der Waals surface area contributed by atoms with Crippen LogP contribution in [0.2, 0.25) is 0 Å². The topological polar surface area (TPSA) is 117 Å². The lowest BCUT2D eigenvalue weighted by atomic mass is 9.97. The Labute approximate surface area is 187 Å². The lowest BCUT2D eigenvalue weighted by Gasteiger charge is -2.33. The Morgan fingerprint density at radius 2 is 1.71 bits per heavy atom. The number of ether oxygens (including phenoxy) is 1. The fourth-order valence-electron chi connectivity index (χ4n) is 3.80. The smallest absolute Gasteiger partial charge is 0.303 e. The van der Waals surface area contributed by atoms with Crippen molar-refractivity contribution in [2.75, 3.05) is 12.0 Å². The lowest BCUT2D eigenvalue weighted by molar-refractivity contribution is -0.137. The molecule has 0 unspecified atom stereocenters. The van der Waals surface area contributed by atoms with Crippen LogP contribution in [0.15, 0.2) is 54.3 Å². The van der Waals surface area contributed by atoms with E-state index in [0.29, 0.717) is 34.6 Å². The third kappa shape index (κ3) is 4.56. The third-order valence-electron chi connectivity index (χ3n) is 5.27. The molecule has 164 valence electrons. The Balaban J connectivity index is 0.00000341. The van der Waals surface area contributed by atoms with E-state index in [1.165, 1.54) is 0 Å². The van der Waals surface area contributed by atoms with Crippen molar-refractivity contribution in [3.63, 3.8) is 0 Å². The number of hydrogen-bond donors (Lipinski definition) is 3. The van der Waals surface area contributed by atoms with Gasteiger partial charge in [-0.3, -0.25) is 19.9 Å². The van der Waals surface area contributed by atoms with E-state index in [2.05, 4.69) is 0 Å². The molecule has 0 fully saturated rings. The van der Waals surface area contributed by atoms with E-state index in [1.54, 1.807) is 36.3 Å². The summed E-state index contributed by atoms with van der Waals surface area (Å²) in [5.41, 5.74) is 8.15. The predicted molar refractivity (Wildman–Crippen MR) is 123 cm³/mol. The van der Waals surface area contributed by atoms with Gasteiger partial charge in [-0.1, -0.05) is 24.3 Å². The fourth-order valence-corrected chi connectivity index (χ4v) is 3.80. The fraction of sp³-hybridized carbons (Fsp3) is 0.261. The highest BCUT2D eigenvalue weighted by molar-refractivity contribution is 6.30. The molecule has 0 spiro atoms. The average molecular weight is 444 g/mol. The van der Waals surface area contributed by atoms with Crippen molar-refractivity contribution in [3.05, 3.63) is 71.0 Å². The molecule has 0 aliphatic carbocycles. The number of carbonyl (C=O) groups is 2. The second-order valence-corrected chi connectivity index (χ2v) is 7.66. The molecular formula is C23H26ClN3O4. The number of nitrogens with two attached hydrogens (primary N) is 1. The number of nitrogens with zero attached hydrogens (tertiary/aromatic N) is 1. The summed E-state index contributed by atoms with van der Waals surface area (Å²) in [7, 11) is 1.55. The minimum atomic E-state index is -0.845. The predicted octanol–water partition coefficient (Wildman–Crippen LogP) is 3.59. The van der Waals surface area contributed by atoms with Gasteiger partial charge >= 0.3 is 5.97 Å². The van der Waals surface area contributed by atoms with Crippen LogP contribution >= 0.6 is 12.4 Å². The zero-order chi connectivity index (χ0) is 22.1. The summed E-state index contributed by atoms with van der Waals surface area (Å²) in [5, 5.41) is 16.4. The number of amidine groups is 1. The molecule has 1 heterocycles. The molecule has 0 bridgehead atoms. The van der Waals surface area contributed by atoms with Gasteiger partial charge < -0.3 is 15.6 Å². The normalized spacial score (nSPS) is 14.9. The molecule has 0 saturated heterocycles. The number of benzene rings is 2. The van der Waals surface area contributed by atoms with Crippen molar-refractivity contribution in [2.45, 2.75) is 32.2 Å². The summed E-state index contributed by atoms with van der Waals surface area (Å²) in [6.07, 6.45) is 0.487. The molecule has 8 heteroatoms. The number of methoxy groups -OCH3 is 1. The molecule has 0 saturated carbocycles. The van der Waals surface area contributed by atoms with E-state index >= 15 is 0 Å². The average Bonchev–Trinajstić information content (AvgIpc) is 2.91. The number of carboxylic acids is 1. The number of aryl methyl sites for hydroxylation is 1. The lowest BCUT2D eigenvalue weighted by Crippen LogP contribution is -2.44. The largest absolute Gasteiger partial charge is 0.498 e. The highest BCUT2D eigenvalue weighted by Crippen LogP contribution is 2.43. The van der Waals surface area contributed by atoms with Gasteiger partial charge in [-0.2, -0.15) is 0 Å². The number of anilines is 1. The molecule has 0 radical (unpaired) electrons. The Kier molecular flexibility index (Phi) is 7.13. The maximum absolute atomic E-state index is 13.5. The molecule has 1 aliphatic heterocycles. The quantitative estimate of drug-likeness (QED) is 0.446. The number of nitrogen functional groups attached to an aromatic ring is 1. The van der Waals surface area contributed by atoms with Crippen LogP contribution in [0.5, 0.6) is 0 Å². The molecule has 4 N–H and O–H groups in total. The number of nitrogens with one attached hydrogen (secondary N) is 1. The minimum absolute atomic E-state index is 0. The van der Waals surface area contributed by atoms with Crippen molar-refractivity contribution in [1.82, 2.24) is 0 Å². The van der Waals surface area contributed by atoms with Gasteiger partial charge in [0.1, 0.15) is 17.1 Å². The van der Waals surface area contributed by atoms with Gasteiger partial charge in [0, 0.05) is 17.7 Å². The van der Waals surface area contributed by atoms with E-state index in [1.807, 2.05) is 38.1 Å². The van der Waals surface area contributed by atoms with Crippen molar-refractivity contribution >= 4 is 41.4 Å². The molecule has 1 amide bonds. The number of aliphatic carboxylic acids is 1. The number of carbonyl (C=O) groups excluding carboxylic acids is 1. The summed E-state index contributed by atoms with van der Waals surface area (Å²) >= 11 is 0. The number of halogens is 1. The summed E-state index contributed by atoms with van der Waals surface area (Å²) in [6, 6.07) is 14.3. The van der Waals surface area contributed by atoms with Gasteiger partial charge in [-0.05, 0) is 55.7 Å². The number of hydrogen-bond acceptors (Lipinski definition) is 4. The monoisotopic (exact) mass is 443 g/mol. The van der Waals surface area contributed by atoms with E-state index in [-0.39, 0.29) is 30.6 Å². The van der Waals surface area contributed by atoms with Gasteiger partial charge in [-0.15, -0.1) is 12.4 Å². The van der Waals surface area contributed by atoms with Gasteiger partial charge in [0.15, 0.2) is 0 Å². The highest BCUT2D eigenvalue weighted by atomic mass is 35.5. The first-order valence-corrected chi connectivity index (χ1v) is 9.55. The van der Waals surface area contributed by atoms with Crippen LogP contribution in [0, 0.1) is 5.41 Å². The standard InChI is InChI=1S/C23H25N3O4.ClH/c1-23(2)20(30-3)19(15-7-4-14(5-8-15)6-13-18(27)28)22(29)26(23)17-11-9-16(10-12-17)21(24)25;/h4-5,7-12H,6,13H2,1-3H3,(H3,24,25)(H,27,28);1H. The molecule has 0 aromatic heterocycles. The molecule has 31 heavy (non-hydrogen) atoms. The molecule has 2 aromatic rings. The first kappa shape index (κ1) is 24.0. The Morgan fingerprint density at radius 1 is 1.13 bits per heavy atom. The molecule has 1 aliphatic rings. The van der Waals surface area contributed by atoms with E-state index in [4.69, 9.17) is 21.0 Å². The number of rotatable bonds is 7. The van der Waals surface area contributed by atoms with Crippen LogP contribution in [0.25, 0.3) is 5.57 Å². The van der Waals surface area contributed by atoms with Gasteiger partial charge in [-0.25, -0.2) is 0 Å². The van der Waals surface area contributed by atoms with Crippen molar-refractivity contribution in [1.29, 1.82) is 5.41 Å². The van der Waals surface area contributed by atoms with E-state index in [0.717, 1.165) is 5.56 Å². The zero-order valence-electron chi connectivity index (χ0n) is 17.6. The molecule has 0 atom stereocenters. The zero-order valence-corrected chi connectivity index (χ0v) is 18.5. The first-order chi connectivity index (χ1) is 14.2. The van der Waals surface area contributed by atoms with Crippen molar-refractivity contribution < 1.29 is 19.4 Å². The van der Waals surface area contributed by atoms with Crippen LogP contribution < -0.4 is 10.6 Å². The third-order valence-corrected chi connectivity index (χ3v) is 5.27. The van der Waals surface area contributed by atoms with Crippen LogP contribution in [0.3, 0.4) is 0 Å². The van der Waals surface area contributed by atoms with Crippen LogP contribution in [0.4, 0.5) is 5.69 Å². The second kappa shape index (κ2) is 9.22. The molecule has 7 nitrogen and oxygen atoms in total. The Bertz CT molecular complexity index is 1030. The molecule has 2 aromatic carbocycles. The van der Waals surface area contributed by atoms with Crippen molar-refractivity contribution in [3.8, 4) is 0 Å². The molecule has 3 rings (SSSR count). The van der Waals surface area contributed by atoms with E-state index in [9.17, 15) is 9.59 Å². The summed E-state index contributed by atoms with van der Waals surface area (Å²) < 4.78 is 5.67. The van der Waals surface area contributed by atoms with Crippen LogP contribution in [0.1, 0.15) is 37.0 Å². The first-order valence-electron chi connectivity index (χ1n) is 9.55. The maximum atomic E-state index is 13.5. The van der Waals surface area contributed by atoms with Gasteiger partial charge in [0.2, 0.25) is 0 Å². The number of amides is 1. The summed E-state index contributed by atoms with van der Waals surface area (Å²) in [5.74, 6) is -0.511. The number of carboxylic acid groups (broad SMARTS) is 1. The summed E-state index contributed by atoms with van der Waals surface area (Å²) in [6.45, 7) is 3.83. The van der Waals surface area contributed by atoms with Gasteiger partial charge in [0.25, 0.3) is 5.91 Å². The van der Waals surface area contributed by atoms with E-state index < -0.39 is 11.5 Å². The van der Waals surface area contributed by atoms with Crippen molar-refractivity contribution in [2.24, 2.45) is 5.73 Å². The van der Waals surface area contributed by atoms with Crippen LogP contribution in [-0.2, 0) is 20.7 Å².